The molecule has 0 spiro atoms. The zero-order valence-electron chi connectivity index (χ0n) is 15.6. The van der Waals surface area contributed by atoms with Crippen LogP contribution in [-0.4, -0.2) is 40.9 Å². The number of halogens is 3. The molecule has 1 fully saturated rings. The van der Waals surface area contributed by atoms with E-state index in [0.717, 1.165) is 11.6 Å². The minimum absolute atomic E-state index is 0.137. The molecular weight excluding hydrogens is 398 g/mol. The van der Waals surface area contributed by atoms with E-state index in [2.05, 4.69) is 10.00 Å². The predicted octanol–water partition coefficient (Wildman–Crippen LogP) is 3.49. The summed E-state index contributed by atoms with van der Waals surface area (Å²) in [5.74, 6) is -1.68. The first-order chi connectivity index (χ1) is 14.0. The number of hydrogen-bond donors (Lipinski definition) is 0. The van der Waals surface area contributed by atoms with Crippen molar-refractivity contribution in [2.24, 2.45) is 0 Å². The van der Waals surface area contributed by atoms with E-state index in [1.54, 1.807) is 24.4 Å². The summed E-state index contributed by atoms with van der Waals surface area (Å²) in [6.45, 7) is 3.25. The van der Waals surface area contributed by atoms with E-state index in [9.17, 15) is 13.6 Å². The van der Waals surface area contributed by atoms with Crippen LogP contribution in [0.4, 0.5) is 14.5 Å². The number of benzene rings is 2. The molecule has 8 heteroatoms. The molecule has 1 aromatic heterocycles. The Bertz CT molecular complexity index is 1070. The molecule has 4 rings (SSSR count). The van der Waals surface area contributed by atoms with Gasteiger partial charge in [0.2, 0.25) is 0 Å². The number of rotatable bonds is 4. The molecule has 1 aliphatic rings. The van der Waals surface area contributed by atoms with Gasteiger partial charge in [-0.15, -0.1) is 0 Å². The number of hydrogen-bond acceptors (Lipinski definition) is 4. The third-order valence-corrected chi connectivity index (χ3v) is 5.36. The monoisotopic (exact) mass is 416 g/mol. The zero-order chi connectivity index (χ0) is 20.4. The summed E-state index contributed by atoms with van der Waals surface area (Å²) in [6.07, 6.45) is 1.61. The van der Waals surface area contributed by atoms with Crippen molar-refractivity contribution in [3.63, 3.8) is 0 Å². The third kappa shape index (κ3) is 4.16. The highest BCUT2D eigenvalue weighted by atomic mass is 35.5. The van der Waals surface area contributed by atoms with E-state index in [4.69, 9.17) is 11.6 Å². The molecule has 0 saturated carbocycles. The van der Waals surface area contributed by atoms with Crippen molar-refractivity contribution in [2.45, 2.75) is 6.54 Å². The Balaban J connectivity index is 1.45. The predicted molar refractivity (Wildman–Crippen MR) is 109 cm³/mol. The lowest BCUT2D eigenvalue weighted by Gasteiger charge is -2.36. The maximum absolute atomic E-state index is 13.4. The van der Waals surface area contributed by atoms with E-state index in [1.807, 2.05) is 23.1 Å². The average molecular weight is 417 g/mol. The Morgan fingerprint density at radius 1 is 0.966 bits per heavy atom. The highest BCUT2D eigenvalue weighted by Gasteiger charge is 2.22. The van der Waals surface area contributed by atoms with Gasteiger partial charge in [0.25, 0.3) is 5.56 Å². The summed E-state index contributed by atoms with van der Waals surface area (Å²) in [5.41, 5.74) is 1.63. The lowest BCUT2D eigenvalue weighted by Crippen LogP contribution is -2.46. The maximum atomic E-state index is 13.4. The van der Waals surface area contributed by atoms with Gasteiger partial charge in [0.1, 0.15) is 5.02 Å². The van der Waals surface area contributed by atoms with Gasteiger partial charge in [0.05, 0.1) is 17.6 Å². The van der Waals surface area contributed by atoms with Crippen LogP contribution in [0, 0.1) is 11.6 Å². The number of para-hydroxylation sites is 1. The van der Waals surface area contributed by atoms with Gasteiger partial charge < -0.3 is 4.90 Å². The molecule has 0 bridgehead atoms. The number of piperazine rings is 1. The summed E-state index contributed by atoms with van der Waals surface area (Å²) in [7, 11) is 0. The van der Waals surface area contributed by atoms with E-state index >= 15 is 0 Å². The minimum Gasteiger partial charge on any atom is -0.366 e. The standard InChI is InChI=1S/C21H19ClF2N4O/c22-20-19(13-25-28(21(20)29)16-4-2-1-3-5-16)27-10-8-26(9-11-27)14-15-6-7-17(23)18(24)12-15/h1-7,12-13H,8-11,14H2. The van der Waals surface area contributed by atoms with Gasteiger partial charge in [-0.25, -0.2) is 8.78 Å². The van der Waals surface area contributed by atoms with Crippen LogP contribution in [-0.2, 0) is 6.54 Å². The molecule has 0 aliphatic carbocycles. The minimum atomic E-state index is -0.842. The molecule has 0 atom stereocenters. The fraction of sp³-hybridized carbons (Fsp3) is 0.238. The molecule has 0 N–H and O–H groups in total. The van der Waals surface area contributed by atoms with Crippen molar-refractivity contribution in [3.05, 3.63) is 87.3 Å². The van der Waals surface area contributed by atoms with Crippen LogP contribution in [0.1, 0.15) is 5.56 Å². The van der Waals surface area contributed by atoms with Gasteiger partial charge in [-0.1, -0.05) is 35.9 Å². The van der Waals surface area contributed by atoms with E-state index in [-0.39, 0.29) is 10.6 Å². The molecule has 3 aromatic rings. The molecule has 2 aromatic carbocycles. The van der Waals surface area contributed by atoms with Crippen LogP contribution in [0.15, 0.2) is 59.5 Å². The zero-order valence-corrected chi connectivity index (χ0v) is 16.3. The maximum Gasteiger partial charge on any atom is 0.292 e. The Morgan fingerprint density at radius 3 is 2.38 bits per heavy atom. The van der Waals surface area contributed by atoms with Crippen molar-refractivity contribution in [3.8, 4) is 5.69 Å². The topological polar surface area (TPSA) is 41.4 Å². The highest BCUT2D eigenvalue weighted by molar-refractivity contribution is 6.33. The largest absolute Gasteiger partial charge is 0.366 e. The van der Waals surface area contributed by atoms with Gasteiger partial charge in [-0.05, 0) is 29.8 Å². The average Bonchev–Trinajstić information content (AvgIpc) is 2.74. The van der Waals surface area contributed by atoms with Crippen LogP contribution < -0.4 is 10.5 Å². The van der Waals surface area contributed by atoms with Crippen molar-refractivity contribution in [1.82, 2.24) is 14.7 Å². The van der Waals surface area contributed by atoms with Gasteiger partial charge in [-0.3, -0.25) is 9.69 Å². The fourth-order valence-corrected chi connectivity index (χ4v) is 3.69. The second-order valence-corrected chi connectivity index (χ2v) is 7.29. The first-order valence-corrected chi connectivity index (χ1v) is 9.65. The summed E-state index contributed by atoms with van der Waals surface area (Å²) in [5, 5.41) is 4.41. The quantitative estimate of drug-likeness (QED) is 0.653. The van der Waals surface area contributed by atoms with Gasteiger partial charge in [-0.2, -0.15) is 9.78 Å². The first kappa shape index (κ1) is 19.5. The summed E-state index contributed by atoms with van der Waals surface area (Å²) in [6, 6.07) is 13.1. The molecule has 5 nitrogen and oxygen atoms in total. The SMILES string of the molecule is O=c1c(Cl)c(N2CCN(Cc3ccc(F)c(F)c3)CC2)cnn1-c1ccccc1. The van der Waals surface area contributed by atoms with Crippen molar-refractivity contribution >= 4 is 17.3 Å². The molecule has 1 saturated heterocycles. The molecule has 150 valence electrons. The smallest absolute Gasteiger partial charge is 0.292 e. The Kier molecular flexibility index (Phi) is 5.60. The molecule has 29 heavy (non-hydrogen) atoms. The molecule has 0 unspecified atom stereocenters. The summed E-state index contributed by atoms with van der Waals surface area (Å²) < 4.78 is 27.8. The van der Waals surface area contributed by atoms with Crippen LogP contribution in [0.2, 0.25) is 5.02 Å². The normalized spacial score (nSPS) is 14.9. The molecular formula is C21H19ClF2N4O. The van der Waals surface area contributed by atoms with Crippen LogP contribution in [0.25, 0.3) is 5.69 Å². The lowest BCUT2D eigenvalue weighted by molar-refractivity contribution is 0.249. The molecule has 1 aliphatic heterocycles. The number of anilines is 1. The van der Waals surface area contributed by atoms with E-state index in [0.29, 0.717) is 44.1 Å². The molecule has 0 radical (unpaired) electrons. The van der Waals surface area contributed by atoms with Crippen molar-refractivity contribution in [2.75, 3.05) is 31.1 Å². The molecule has 2 heterocycles. The Labute approximate surface area is 171 Å². The van der Waals surface area contributed by atoms with Gasteiger partial charge >= 0.3 is 0 Å². The van der Waals surface area contributed by atoms with E-state index in [1.165, 1.54) is 10.7 Å². The van der Waals surface area contributed by atoms with Crippen molar-refractivity contribution in [1.29, 1.82) is 0 Å². The Hall–Kier alpha value is -2.77. The van der Waals surface area contributed by atoms with Gasteiger partial charge in [0, 0.05) is 32.7 Å². The van der Waals surface area contributed by atoms with Crippen LogP contribution >= 0.6 is 11.6 Å². The van der Waals surface area contributed by atoms with Crippen LogP contribution in [0.3, 0.4) is 0 Å². The summed E-state index contributed by atoms with van der Waals surface area (Å²) in [4.78, 5) is 16.8. The second-order valence-electron chi connectivity index (χ2n) is 6.91. The first-order valence-electron chi connectivity index (χ1n) is 9.27. The van der Waals surface area contributed by atoms with Crippen LogP contribution in [0.5, 0.6) is 0 Å². The lowest BCUT2D eigenvalue weighted by atomic mass is 10.2. The third-order valence-electron chi connectivity index (χ3n) is 5.00. The summed E-state index contributed by atoms with van der Waals surface area (Å²) >= 11 is 6.37. The van der Waals surface area contributed by atoms with E-state index < -0.39 is 11.6 Å². The Morgan fingerprint density at radius 2 is 1.69 bits per heavy atom. The van der Waals surface area contributed by atoms with Gasteiger partial charge in [0.15, 0.2) is 11.6 Å². The fourth-order valence-electron chi connectivity index (χ4n) is 3.44. The number of nitrogens with zero attached hydrogens (tertiary/aromatic N) is 4. The van der Waals surface area contributed by atoms with Crippen molar-refractivity contribution < 1.29 is 8.78 Å². The molecule has 0 amide bonds. The second kappa shape index (κ2) is 8.31. The number of aromatic nitrogens is 2. The highest BCUT2D eigenvalue weighted by Crippen LogP contribution is 2.23.